The number of halogens is 5. The Hall–Kier alpha value is -2.18. The van der Waals surface area contributed by atoms with Crippen LogP contribution in [0.4, 0.5) is 22.0 Å². The molecule has 0 atom stereocenters. The molecule has 310 valence electrons. The molecule has 0 saturated heterocycles. The molecule has 1 aromatic rings. The van der Waals surface area contributed by atoms with Crippen molar-refractivity contribution in [3.63, 3.8) is 0 Å². The summed E-state index contributed by atoms with van der Waals surface area (Å²) in [7, 11) is 0. The highest BCUT2D eigenvalue weighted by molar-refractivity contribution is 5.72. The quantitative estimate of drug-likeness (QED) is 0.0257. The monoisotopic (exact) mass is 783 g/mol. The average molecular weight is 784 g/mol. The van der Waals surface area contributed by atoms with Gasteiger partial charge in [-0.15, -0.1) is 0 Å². The first-order chi connectivity index (χ1) is 25.9. The minimum Gasteiger partial charge on any atom is -0.420 e. The summed E-state index contributed by atoms with van der Waals surface area (Å²) in [5.74, 6) is -14.1. The zero-order chi connectivity index (χ0) is 38.6. The van der Waals surface area contributed by atoms with Gasteiger partial charge in [0.05, 0.1) is 165 Å². The Kier molecular flexibility index (Phi) is 32.7. The summed E-state index contributed by atoms with van der Waals surface area (Å²) in [5, 5.41) is 0. The number of rotatable bonds is 39. The lowest BCUT2D eigenvalue weighted by atomic mass is 10.2. The molecule has 0 spiro atoms. The number of benzene rings is 1. The lowest BCUT2D eigenvalue weighted by Gasteiger charge is -2.09. The van der Waals surface area contributed by atoms with Crippen LogP contribution in [0.5, 0.6) is 5.75 Å². The van der Waals surface area contributed by atoms with Gasteiger partial charge in [-0.2, -0.15) is 8.78 Å². The lowest BCUT2D eigenvalue weighted by molar-refractivity contribution is -0.136. The van der Waals surface area contributed by atoms with Crippen molar-refractivity contribution in [2.45, 2.75) is 6.42 Å². The molecule has 0 bridgehead atoms. The molecule has 1 rings (SSSR count). The first-order valence-corrected chi connectivity index (χ1v) is 17.2. The first-order valence-electron chi connectivity index (χ1n) is 17.2. The predicted octanol–water partition coefficient (Wildman–Crippen LogP) is 1.84. The maximum absolute atomic E-state index is 13.5. The van der Waals surface area contributed by atoms with Gasteiger partial charge < -0.3 is 67.3 Å². The summed E-state index contributed by atoms with van der Waals surface area (Å²) in [4.78, 5) is 11.6. The van der Waals surface area contributed by atoms with E-state index < -0.39 is 47.2 Å². The Morgan fingerprint density at radius 3 is 0.792 bits per heavy atom. The second kappa shape index (κ2) is 35.5. The Balaban J connectivity index is 1.72. The van der Waals surface area contributed by atoms with Crippen LogP contribution in [-0.4, -0.2) is 171 Å². The van der Waals surface area contributed by atoms with Gasteiger partial charge in [-0.05, 0) is 0 Å². The molecule has 0 aliphatic heterocycles. The fraction of sp³-hybridized carbons (Fsp3) is 0.788. The first kappa shape index (κ1) is 48.8. The van der Waals surface area contributed by atoms with Crippen molar-refractivity contribution in [2.75, 3.05) is 165 Å². The van der Waals surface area contributed by atoms with E-state index in [9.17, 15) is 26.7 Å². The van der Waals surface area contributed by atoms with Gasteiger partial charge in [0.15, 0.2) is 0 Å². The summed E-state index contributed by atoms with van der Waals surface area (Å²) in [6, 6.07) is 0. The summed E-state index contributed by atoms with van der Waals surface area (Å²) in [6.07, 6.45) is -0.489. The molecule has 0 amide bonds. The van der Waals surface area contributed by atoms with Gasteiger partial charge in [-0.25, -0.2) is 13.2 Å². The van der Waals surface area contributed by atoms with E-state index in [1.54, 1.807) is 0 Å². The molecular formula is C33H54F5NO14. The normalized spacial score (nSPS) is 11.5. The summed E-state index contributed by atoms with van der Waals surface area (Å²) in [6.45, 7) is 9.83. The van der Waals surface area contributed by atoms with E-state index in [4.69, 9.17) is 62.6 Å². The van der Waals surface area contributed by atoms with E-state index in [0.717, 1.165) is 0 Å². The molecule has 0 unspecified atom stereocenters. The Morgan fingerprint density at radius 1 is 0.340 bits per heavy atom. The smallest absolute Gasteiger partial charge is 0.313 e. The van der Waals surface area contributed by atoms with Crippen LogP contribution in [0.25, 0.3) is 0 Å². The largest absolute Gasteiger partial charge is 0.420 e. The molecule has 20 heteroatoms. The third-order valence-corrected chi connectivity index (χ3v) is 6.19. The highest BCUT2D eigenvalue weighted by atomic mass is 19.2. The topological polar surface area (TPSA) is 163 Å². The Bertz CT molecular complexity index is 1010. The van der Waals surface area contributed by atoms with E-state index in [0.29, 0.717) is 139 Å². The highest BCUT2D eigenvalue weighted by Gasteiger charge is 2.28. The van der Waals surface area contributed by atoms with Crippen molar-refractivity contribution in [3.8, 4) is 5.75 Å². The molecule has 0 aliphatic carbocycles. The van der Waals surface area contributed by atoms with Crippen LogP contribution in [0.1, 0.15) is 6.42 Å². The van der Waals surface area contributed by atoms with Crippen LogP contribution >= 0.6 is 0 Å². The van der Waals surface area contributed by atoms with Crippen molar-refractivity contribution in [1.82, 2.24) is 0 Å². The van der Waals surface area contributed by atoms with Gasteiger partial charge in [-0.1, -0.05) is 0 Å². The van der Waals surface area contributed by atoms with Crippen molar-refractivity contribution in [2.24, 2.45) is 5.73 Å². The van der Waals surface area contributed by atoms with E-state index in [-0.39, 0.29) is 26.4 Å². The number of carbonyl (C=O) groups is 1. The number of hydrogen-bond donors (Lipinski definition) is 1. The minimum atomic E-state index is -2.35. The Labute approximate surface area is 306 Å². The van der Waals surface area contributed by atoms with E-state index in [2.05, 4.69) is 4.74 Å². The molecule has 0 saturated carbocycles. The molecule has 0 aromatic heterocycles. The SMILES string of the molecule is NCCOCCOCCOCCOCCOCCOCCOCCOCCOCCOCCOCCOCCC(=O)Oc1c(F)c(F)c(F)c(F)c1F. The molecule has 1 aromatic carbocycles. The number of ether oxygens (including phenoxy) is 13. The number of nitrogens with two attached hydrogens (primary N) is 1. The van der Waals surface area contributed by atoms with Crippen LogP contribution < -0.4 is 10.5 Å². The van der Waals surface area contributed by atoms with Crippen LogP contribution in [0.2, 0.25) is 0 Å². The average Bonchev–Trinajstić information content (AvgIpc) is 3.16. The van der Waals surface area contributed by atoms with Gasteiger partial charge in [0.1, 0.15) is 0 Å². The van der Waals surface area contributed by atoms with Crippen molar-refractivity contribution in [1.29, 1.82) is 0 Å². The summed E-state index contributed by atoms with van der Waals surface area (Å²) < 4.78 is 135. The van der Waals surface area contributed by atoms with Crippen LogP contribution in [-0.2, 0) is 61.6 Å². The third kappa shape index (κ3) is 27.1. The van der Waals surface area contributed by atoms with Crippen LogP contribution in [0.3, 0.4) is 0 Å². The van der Waals surface area contributed by atoms with Gasteiger partial charge in [0.2, 0.25) is 34.8 Å². The lowest BCUT2D eigenvalue weighted by Crippen LogP contribution is -2.16. The van der Waals surface area contributed by atoms with E-state index in [1.165, 1.54) is 0 Å². The second-order valence-electron chi connectivity index (χ2n) is 10.3. The highest BCUT2D eigenvalue weighted by Crippen LogP contribution is 2.29. The van der Waals surface area contributed by atoms with Crippen molar-refractivity contribution >= 4 is 5.97 Å². The maximum Gasteiger partial charge on any atom is 0.313 e. The standard InChI is InChI=1S/C33H54F5NO14/c34-28-29(35)31(37)33(32(38)30(28)36)53-27(40)1-3-41-5-7-43-9-11-45-13-15-47-17-19-49-21-23-51-25-26-52-24-22-50-20-18-48-16-14-46-12-10-44-8-6-42-4-2-39/h1-26,39H2. The van der Waals surface area contributed by atoms with Gasteiger partial charge in [0.25, 0.3) is 0 Å². The number of hydrogen-bond acceptors (Lipinski definition) is 15. The zero-order valence-corrected chi connectivity index (χ0v) is 30.1. The Morgan fingerprint density at radius 2 is 0.547 bits per heavy atom. The van der Waals surface area contributed by atoms with Crippen LogP contribution in [0.15, 0.2) is 0 Å². The molecule has 53 heavy (non-hydrogen) atoms. The van der Waals surface area contributed by atoms with Crippen molar-refractivity contribution < 1.29 is 88.3 Å². The maximum atomic E-state index is 13.5. The van der Waals surface area contributed by atoms with E-state index >= 15 is 0 Å². The molecule has 0 heterocycles. The number of esters is 1. The van der Waals surface area contributed by atoms with Crippen molar-refractivity contribution in [3.05, 3.63) is 29.1 Å². The molecule has 2 N–H and O–H groups in total. The minimum absolute atomic E-state index is 0.0782. The van der Waals surface area contributed by atoms with Gasteiger partial charge >= 0.3 is 5.97 Å². The van der Waals surface area contributed by atoms with E-state index in [1.807, 2.05) is 0 Å². The fourth-order valence-corrected chi connectivity index (χ4v) is 3.60. The van der Waals surface area contributed by atoms with Crippen LogP contribution in [0, 0.1) is 29.1 Å². The molecular weight excluding hydrogens is 729 g/mol. The molecule has 0 aliphatic rings. The fourth-order valence-electron chi connectivity index (χ4n) is 3.60. The van der Waals surface area contributed by atoms with Gasteiger partial charge in [-0.3, -0.25) is 4.79 Å². The summed E-state index contributed by atoms with van der Waals surface area (Å²) in [5.41, 5.74) is 5.32. The molecule has 15 nitrogen and oxygen atoms in total. The van der Waals surface area contributed by atoms with Gasteiger partial charge in [0, 0.05) is 6.54 Å². The second-order valence-corrected chi connectivity index (χ2v) is 10.3. The third-order valence-electron chi connectivity index (χ3n) is 6.19. The zero-order valence-electron chi connectivity index (χ0n) is 30.1. The number of carbonyl (C=O) groups excluding carboxylic acids is 1. The summed E-state index contributed by atoms with van der Waals surface area (Å²) >= 11 is 0. The predicted molar refractivity (Wildman–Crippen MR) is 175 cm³/mol. The molecule has 0 fully saturated rings. The molecule has 0 radical (unpaired) electrons.